The maximum atomic E-state index is 11.7. The van der Waals surface area contributed by atoms with Gasteiger partial charge in [0.25, 0.3) is 0 Å². The van der Waals surface area contributed by atoms with Gasteiger partial charge in [0.05, 0.1) is 0 Å². The molecule has 0 rings (SSSR count). The maximum absolute atomic E-state index is 11.7. The summed E-state index contributed by atoms with van der Waals surface area (Å²) in [4.78, 5) is 34.4. The van der Waals surface area contributed by atoms with Gasteiger partial charge in [-0.1, -0.05) is 13.8 Å². The Hall–Kier alpha value is -1.79. The summed E-state index contributed by atoms with van der Waals surface area (Å²) in [7, 11) is 1.34. The molecule has 0 aliphatic carbocycles. The van der Waals surface area contributed by atoms with Gasteiger partial charge in [0, 0.05) is 7.05 Å². The molecule has 0 aromatic rings. The highest BCUT2D eigenvalue weighted by Crippen LogP contribution is 2.03. The van der Waals surface area contributed by atoms with Gasteiger partial charge in [-0.05, 0) is 12.8 Å². The molecule has 0 aromatic carbocycles. The number of rotatable bonds is 5. The molecular formula is C10H19N3O4. The Morgan fingerprint density at radius 3 is 2.00 bits per heavy atom. The molecule has 0 aromatic heterocycles. The van der Waals surface area contributed by atoms with E-state index in [9.17, 15) is 14.4 Å². The van der Waals surface area contributed by atoms with Gasteiger partial charge in [-0.15, -0.1) is 0 Å². The van der Waals surface area contributed by atoms with Gasteiger partial charge in [-0.25, -0.2) is 9.59 Å². The van der Waals surface area contributed by atoms with Crippen LogP contribution in [0, 0.1) is 5.92 Å². The molecule has 0 aliphatic rings. The van der Waals surface area contributed by atoms with Crippen molar-refractivity contribution in [2.24, 2.45) is 11.7 Å². The van der Waals surface area contributed by atoms with E-state index in [4.69, 9.17) is 10.8 Å². The predicted molar refractivity (Wildman–Crippen MR) is 61.2 cm³/mol. The van der Waals surface area contributed by atoms with Crippen LogP contribution in [0.25, 0.3) is 0 Å². The number of aliphatic carboxylic acids is 1. The highest BCUT2D eigenvalue weighted by Gasteiger charge is 2.27. The molecule has 0 radical (unpaired) electrons. The molecule has 2 unspecified atom stereocenters. The number of nitrogens with two attached hydrogens (primary N) is 1. The van der Waals surface area contributed by atoms with E-state index >= 15 is 0 Å². The van der Waals surface area contributed by atoms with Crippen LogP contribution in [0.4, 0.5) is 4.79 Å². The molecule has 17 heavy (non-hydrogen) atoms. The van der Waals surface area contributed by atoms with E-state index in [0.29, 0.717) is 0 Å². The lowest BCUT2D eigenvalue weighted by Crippen LogP contribution is -2.54. The van der Waals surface area contributed by atoms with Crippen molar-refractivity contribution in [2.75, 3.05) is 7.05 Å². The highest BCUT2D eigenvalue weighted by molar-refractivity contribution is 5.87. The molecule has 0 heterocycles. The molecule has 4 N–H and O–H groups in total. The number of amides is 3. The van der Waals surface area contributed by atoms with E-state index in [1.165, 1.54) is 14.0 Å². The number of carboxylic acid groups (broad SMARTS) is 1. The molecule has 0 aliphatic heterocycles. The number of carbonyl (C=O) groups is 3. The summed E-state index contributed by atoms with van der Waals surface area (Å²) in [5.41, 5.74) is 5.13. The van der Waals surface area contributed by atoms with Crippen molar-refractivity contribution < 1.29 is 19.5 Å². The zero-order valence-corrected chi connectivity index (χ0v) is 10.4. The molecule has 0 bridgehead atoms. The molecule has 7 nitrogen and oxygen atoms in total. The van der Waals surface area contributed by atoms with Gasteiger partial charge >= 0.3 is 12.0 Å². The van der Waals surface area contributed by atoms with Crippen molar-refractivity contribution >= 4 is 17.9 Å². The predicted octanol–water partition coefficient (Wildman–Crippen LogP) is -0.389. The lowest BCUT2D eigenvalue weighted by molar-refractivity contribution is -0.141. The van der Waals surface area contributed by atoms with E-state index < -0.39 is 30.0 Å². The number of primary amides is 1. The first-order valence-corrected chi connectivity index (χ1v) is 5.24. The highest BCUT2D eigenvalue weighted by atomic mass is 16.4. The first-order valence-electron chi connectivity index (χ1n) is 5.24. The van der Waals surface area contributed by atoms with Gasteiger partial charge in [0.15, 0.2) is 0 Å². The molecule has 0 saturated heterocycles. The zero-order valence-electron chi connectivity index (χ0n) is 10.4. The average Bonchev–Trinajstić information content (AvgIpc) is 2.22. The molecular weight excluding hydrogens is 226 g/mol. The summed E-state index contributed by atoms with van der Waals surface area (Å²) in [6.07, 6.45) is 0. The fraction of sp³-hybridized carbons (Fsp3) is 0.700. The summed E-state index contributed by atoms with van der Waals surface area (Å²) >= 11 is 0. The van der Waals surface area contributed by atoms with Crippen LogP contribution in [-0.4, -0.2) is 47.0 Å². The van der Waals surface area contributed by atoms with Crippen LogP contribution in [0.5, 0.6) is 0 Å². The first kappa shape index (κ1) is 15.2. The quantitative estimate of drug-likeness (QED) is 0.612. The molecule has 0 spiro atoms. The number of urea groups is 1. The molecule has 0 saturated carbocycles. The van der Waals surface area contributed by atoms with Crippen molar-refractivity contribution in [3.05, 3.63) is 0 Å². The van der Waals surface area contributed by atoms with E-state index in [0.717, 1.165) is 4.90 Å². The number of carboxylic acids is 1. The molecule has 7 heteroatoms. The number of likely N-dealkylation sites (N-methyl/N-ethyl adjacent to an activating group) is 1. The standard InChI is InChI=1S/C10H19N3O4/c1-5(2)7(8(11)14)12-10(17)13(4)6(3)9(15)16/h5-7H,1-4H3,(H2,11,14)(H,12,17)(H,15,16). The zero-order chi connectivity index (χ0) is 13.7. The minimum absolute atomic E-state index is 0.162. The summed E-state index contributed by atoms with van der Waals surface area (Å²) in [6, 6.07) is -2.43. The Balaban J connectivity index is 4.62. The normalized spacial score (nSPS) is 13.9. The van der Waals surface area contributed by atoms with E-state index in [1.807, 2.05) is 0 Å². The molecule has 98 valence electrons. The number of hydrogen-bond acceptors (Lipinski definition) is 3. The summed E-state index contributed by atoms with van der Waals surface area (Å²) in [6.45, 7) is 4.84. The van der Waals surface area contributed by atoms with Crippen LogP contribution in [0.2, 0.25) is 0 Å². The first-order chi connectivity index (χ1) is 7.68. The van der Waals surface area contributed by atoms with Crippen molar-refractivity contribution in [3.8, 4) is 0 Å². The van der Waals surface area contributed by atoms with E-state index in [2.05, 4.69) is 5.32 Å². The molecule has 2 atom stereocenters. The second-order valence-corrected chi connectivity index (χ2v) is 4.20. The van der Waals surface area contributed by atoms with Gasteiger partial charge in [-0.2, -0.15) is 0 Å². The topological polar surface area (TPSA) is 113 Å². The van der Waals surface area contributed by atoms with Crippen molar-refractivity contribution in [3.63, 3.8) is 0 Å². The van der Waals surface area contributed by atoms with Crippen LogP contribution in [0.1, 0.15) is 20.8 Å². The number of hydrogen-bond donors (Lipinski definition) is 3. The van der Waals surface area contributed by atoms with E-state index in [-0.39, 0.29) is 5.92 Å². The van der Waals surface area contributed by atoms with Gasteiger partial charge < -0.3 is 21.1 Å². The largest absolute Gasteiger partial charge is 0.480 e. The van der Waals surface area contributed by atoms with Crippen LogP contribution in [0.15, 0.2) is 0 Å². The summed E-state index contributed by atoms with van der Waals surface area (Å²) < 4.78 is 0. The van der Waals surface area contributed by atoms with Crippen LogP contribution in [0.3, 0.4) is 0 Å². The Bertz CT molecular complexity index is 317. The van der Waals surface area contributed by atoms with Crippen LogP contribution >= 0.6 is 0 Å². The number of carbonyl (C=O) groups excluding carboxylic acids is 2. The fourth-order valence-electron chi connectivity index (χ4n) is 1.14. The van der Waals surface area contributed by atoms with Crippen LogP contribution < -0.4 is 11.1 Å². The minimum atomic E-state index is -1.12. The van der Waals surface area contributed by atoms with Crippen molar-refractivity contribution in [2.45, 2.75) is 32.9 Å². The third kappa shape index (κ3) is 4.29. The van der Waals surface area contributed by atoms with E-state index in [1.54, 1.807) is 13.8 Å². The van der Waals surface area contributed by atoms with Crippen LogP contribution in [-0.2, 0) is 9.59 Å². The van der Waals surface area contributed by atoms with Gasteiger partial charge in [0.1, 0.15) is 12.1 Å². The lowest BCUT2D eigenvalue weighted by atomic mass is 10.0. The lowest BCUT2D eigenvalue weighted by Gasteiger charge is -2.26. The Labute approximate surface area is 100.0 Å². The molecule has 0 fully saturated rings. The minimum Gasteiger partial charge on any atom is -0.480 e. The second kappa shape index (κ2) is 6.07. The van der Waals surface area contributed by atoms with Crippen molar-refractivity contribution in [1.82, 2.24) is 10.2 Å². The Morgan fingerprint density at radius 2 is 1.71 bits per heavy atom. The number of nitrogens with one attached hydrogen (secondary N) is 1. The monoisotopic (exact) mass is 245 g/mol. The summed E-state index contributed by atoms with van der Waals surface area (Å²) in [5, 5.41) is 11.1. The maximum Gasteiger partial charge on any atom is 0.326 e. The second-order valence-electron chi connectivity index (χ2n) is 4.20. The van der Waals surface area contributed by atoms with Crippen molar-refractivity contribution in [1.29, 1.82) is 0 Å². The molecule has 3 amide bonds. The van der Waals surface area contributed by atoms with Gasteiger partial charge in [0.2, 0.25) is 5.91 Å². The SMILES string of the molecule is CC(C)C(NC(=O)N(C)C(C)C(=O)O)C(N)=O. The summed E-state index contributed by atoms with van der Waals surface area (Å²) in [5.74, 6) is -1.93. The Morgan fingerprint density at radius 1 is 1.24 bits per heavy atom. The smallest absolute Gasteiger partial charge is 0.326 e. The average molecular weight is 245 g/mol. The van der Waals surface area contributed by atoms with Gasteiger partial charge in [-0.3, -0.25) is 4.79 Å². The third-order valence-electron chi connectivity index (χ3n) is 2.51. The fourth-order valence-corrected chi connectivity index (χ4v) is 1.14. The Kier molecular flexibility index (Phi) is 5.43. The number of nitrogens with zero attached hydrogens (tertiary/aromatic N) is 1. The third-order valence-corrected chi connectivity index (χ3v) is 2.51.